The molecule has 0 bridgehead atoms. The summed E-state index contributed by atoms with van der Waals surface area (Å²) in [5.74, 6) is 0. The van der Waals surface area contributed by atoms with Crippen LogP contribution in [0.3, 0.4) is 0 Å². The fourth-order valence-electron chi connectivity index (χ4n) is 7.43. The second kappa shape index (κ2) is 11.1. The first-order valence-electron chi connectivity index (χ1n) is 14.1. The molecule has 6 rings (SSSR count). The summed E-state index contributed by atoms with van der Waals surface area (Å²) in [7, 11) is 1.87. The number of benzene rings is 1. The maximum Gasteiger partial charge on any atom is 0.166 e. The van der Waals surface area contributed by atoms with Crippen LogP contribution >= 0.6 is 12.2 Å². The zero-order chi connectivity index (χ0) is 24.9. The second-order valence-corrected chi connectivity index (χ2v) is 11.8. The Morgan fingerprint density at radius 3 is 2.36 bits per heavy atom. The number of fused-ring (bicyclic) bond motifs is 1. The van der Waals surface area contributed by atoms with Crippen LogP contribution in [0.4, 0.5) is 0 Å². The van der Waals surface area contributed by atoms with Crippen LogP contribution in [0.1, 0.15) is 68.9 Å². The minimum atomic E-state index is 0.554. The molecule has 2 atom stereocenters. The molecule has 0 radical (unpaired) electrons. The summed E-state index contributed by atoms with van der Waals surface area (Å²) in [6.45, 7) is 4.91. The fraction of sp³-hybridized carbons (Fsp3) is 0.531. The Morgan fingerprint density at radius 1 is 0.917 bits per heavy atom. The highest BCUT2D eigenvalue weighted by molar-refractivity contribution is 7.80. The SMILES string of the molecule is C1=Cc2ccccc2C=CC1.CNC(=S)NCCCCCN1CCC2(CC1)CCC13C=CC=CC12C3. The number of hydrogen-bond acceptors (Lipinski definition) is 2. The van der Waals surface area contributed by atoms with Gasteiger partial charge in [0, 0.05) is 19.0 Å². The summed E-state index contributed by atoms with van der Waals surface area (Å²) < 4.78 is 0. The third kappa shape index (κ3) is 4.99. The molecule has 3 fully saturated rings. The van der Waals surface area contributed by atoms with Gasteiger partial charge in [0.2, 0.25) is 0 Å². The van der Waals surface area contributed by atoms with E-state index in [1.165, 1.54) is 82.1 Å². The van der Waals surface area contributed by atoms with E-state index in [1.807, 2.05) is 7.05 Å². The van der Waals surface area contributed by atoms with Gasteiger partial charge in [-0.05, 0) is 105 Å². The van der Waals surface area contributed by atoms with Gasteiger partial charge in [-0.15, -0.1) is 0 Å². The van der Waals surface area contributed by atoms with Crippen molar-refractivity contribution < 1.29 is 0 Å². The number of piperidine rings is 1. The lowest BCUT2D eigenvalue weighted by molar-refractivity contribution is 0.0608. The summed E-state index contributed by atoms with van der Waals surface area (Å²) in [6.07, 6.45) is 30.6. The number of hydrogen-bond donors (Lipinski definition) is 2. The molecule has 1 aromatic rings. The number of nitrogens with zero attached hydrogens (tertiary/aromatic N) is 1. The Morgan fingerprint density at radius 2 is 1.64 bits per heavy atom. The van der Waals surface area contributed by atoms with Crippen molar-refractivity contribution in [1.82, 2.24) is 15.5 Å². The largest absolute Gasteiger partial charge is 0.366 e. The molecule has 36 heavy (non-hydrogen) atoms. The normalized spacial score (nSPS) is 28.4. The Balaban J connectivity index is 0.000000202. The third-order valence-corrected chi connectivity index (χ3v) is 9.95. The first-order chi connectivity index (χ1) is 17.6. The molecule has 2 saturated carbocycles. The maximum absolute atomic E-state index is 5.10. The number of unbranched alkanes of at least 4 members (excludes halogenated alkanes) is 2. The van der Waals surface area contributed by atoms with Gasteiger partial charge in [0.1, 0.15) is 0 Å². The van der Waals surface area contributed by atoms with Gasteiger partial charge in [-0.3, -0.25) is 0 Å². The van der Waals surface area contributed by atoms with E-state index in [-0.39, 0.29) is 0 Å². The first-order valence-corrected chi connectivity index (χ1v) is 14.5. The van der Waals surface area contributed by atoms with E-state index < -0.39 is 0 Å². The zero-order valence-electron chi connectivity index (χ0n) is 22.0. The highest BCUT2D eigenvalue weighted by atomic mass is 32.1. The molecule has 4 aliphatic carbocycles. The van der Waals surface area contributed by atoms with Gasteiger partial charge in [0.05, 0.1) is 0 Å². The molecule has 1 heterocycles. The van der Waals surface area contributed by atoms with Crippen LogP contribution in [0.5, 0.6) is 0 Å². The van der Waals surface area contributed by atoms with E-state index in [2.05, 4.69) is 88.4 Å². The van der Waals surface area contributed by atoms with Gasteiger partial charge in [-0.2, -0.15) is 0 Å². The van der Waals surface area contributed by atoms with Crippen LogP contribution in [0, 0.1) is 16.2 Å². The Kier molecular flexibility index (Phi) is 7.83. The molecular weight excluding hydrogens is 458 g/mol. The quantitative estimate of drug-likeness (QED) is 0.333. The van der Waals surface area contributed by atoms with Gasteiger partial charge >= 0.3 is 0 Å². The minimum absolute atomic E-state index is 0.554. The fourth-order valence-corrected chi connectivity index (χ4v) is 7.53. The van der Waals surface area contributed by atoms with Crippen molar-refractivity contribution in [2.24, 2.45) is 16.2 Å². The Labute approximate surface area is 223 Å². The average Bonchev–Trinajstić information content (AvgIpc) is 3.61. The summed E-state index contributed by atoms with van der Waals surface area (Å²) in [5.41, 5.74) is 4.39. The molecule has 0 aromatic heterocycles. The van der Waals surface area contributed by atoms with Crippen molar-refractivity contribution in [3.8, 4) is 0 Å². The molecule has 3 nitrogen and oxygen atoms in total. The molecular formula is C32H43N3S. The van der Waals surface area contributed by atoms with Crippen molar-refractivity contribution in [3.05, 3.63) is 71.8 Å². The minimum Gasteiger partial charge on any atom is -0.366 e. The first kappa shape index (κ1) is 25.5. The molecule has 5 aliphatic rings. The van der Waals surface area contributed by atoms with Crippen molar-refractivity contribution in [3.63, 3.8) is 0 Å². The molecule has 192 valence electrons. The summed E-state index contributed by atoms with van der Waals surface area (Å²) in [4.78, 5) is 2.72. The predicted molar refractivity (Wildman–Crippen MR) is 158 cm³/mol. The van der Waals surface area contributed by atoms with E-state index in [0.29, 0.717) is 16.2 Å². The number of rotatable bonds is 6. The molecule has 1 spiro atoms. The van der Waals surface area contributed by atoms with Crippen molar-refractivity contribution in [2.75, 3.05) is 33.2 Å². The highest BCUT2D eigenvalue weighted by Crippen LogP contribution is 2.84. The Hall–Kier alpha value is -2.17. The van der Waals surface area contributed by atoms with Gasteiger partial charge in [0.25, 0.3) is 0 Å². The predicted octanol–water partition coefficient (Wildman–Crippen LogP) is 6.75. The zero-order valence-corrected chi connectivity index (χ0v) is 22.8. The summed E-state index contributed by atoms with van der Waals surface area (Å²) in [6, 6.07) is 8.42. The van der Waals surface area contributed by atoms with Crippen LogP contribution in [0.25, 0.3) is 12.2 Å². The number of nitrogens with one attached hydrogen (secondary N) is 2. The maximum atomic E-state index is 5.10. The van der Waals surface area contributed by atoms with Crippen molar-refractivity contribution in [1.29, 1.82) is 0 Å². The standard InChI is InChI=1S/C21H33N3S.C11H10/c1-22-18(25)23-13-5-2-6-14-24-15-11-19(12-16-24)9-10-20-7-3-4-8-21(19,20)17-20;1-2-6-10-8-4-5-9-11(10)7-3-1/h3-4,7-8H,2,5-6,9-17H2,1H3,(H2,22,23,25);2-9H,1H2. The van der Waals surface area contributed by atoms with Gasteiger partial charge < -0.3 is 15.5 Å². The van der Waals surface area contributed by atoms with E-state index in [0.717, 1.165) is 18.1 Å². The average molecular weight is 502 g/mol. The topological polar surface area (TPSA) is 27.3 Å². The number of thiocarbonyl (C=S) groups is 1. The molecule has 2 unspecified atom stereocenters. The molecule has 1 saturated heterocycles. The van der Waals surface area contributed by atoms with Crippen molar-refractivity contribution >= 4 is 29.5 Å². The monoisotopic (exact) mass is 501 g/mol. The van der Waals surface area contributed by atoms with E-state index in [1.54, 1.807) is 0 Å². The third-order valence-electron chi connectivity index (χ3n) is 9.60. The Bertz CT molecular complexity index is 1010. The molecule has 2 N–H and O–H groups in total. The molecule has 1 aliphatic heterocycles. The smallest absolute Gasteiger partial charge is 0.166 e. The lowest BCUT2D eigenvalue weighted by Crippen LogP contribution is -2.44. The molecule has 4 heteroatoms. The molecule has 0 amide bonds. The van der Waals surface area contributed by atoms with Crippen LogP contribution in [0.2, 0.25) is 0 Å². The van der Waals surface area contributed by atoms with Gasteiger partial charge in [-0.1, -0.05) is 79.3 Å². The lowest BCUT2D eigenvalue weighted by atomic mass is 9.65. The molecule has 1 aromatic carbocycles. The lowest BCUT2D eigenvalue weighted by Gasteiger charge is -2.45. The van der Waals surface area contributed by atoms with Crippen LogP contribution < -0.4 is 10.6 Å². The van der Waals surface area contributed by atoms with Gasteiger partial charge in [-0.25, -0.2) is 0 Å². The number of allylic oxidation sites excluding steroid dienone is 6. The second-order valence-electron chi connectivity index (χ2n) is 11.4. The van der Waals surface area contributed by atoms with Crippen molar-refractivity contribution in [2.45, 2.75) is 57.8 Å². The van der Waals surface area contributed by atoms with Gasteiger partial charge in [0.15, 0.2) is 5.11 Å². The van der Waals surface area contributed by atoms with Crippen LogP contribution in [-0.2, 0) is 0 Å². The van der Waals surface area contributed by atoms with Crippen LogP contribution in [-0.4, -0.2) is 43.2 Å². The summed E-state index contributed by atoms with van der Waals surface area (Å²) >= 11 is 5.10. The van der Waals surface area contributed by atoms with E-state index in [4.69, 9.17) is 12.2 Å². The van der Waals surface area contributed by atoms with E-state index in [9.17, 15) is 0 Å². The summed E-state index contributed by atoms with van der Waals surface area (Å²) in [5, 5.41) is 6.96. The number of likely N-dealkylation sites (tertiary alicyclic amines) is 1. The highest BCUT2D eigenvalue weighted by Gasteiger charge is 2.77. The van der Waals surface area contributed by atoms with E-state index >= 15 is 0 Å². The van der Waals surface area contributed by atoms with Crippen LogP contribution in [0.15, 0.2) is 60.7 Å².